The molecule has 2 heterocycles. The Labute approximate surface area is 147 Å². The summed E-state index contributed by atoms with van der Waals surface area (Å²) >= 11 is 0. The van der Waals surface area contributed by atoms with Gasteiger partial charge in [0.2, 0.25) is 0 Å². The molecule has 1 fully saturated rings. The highest BCUT2D eigenvalue weighted by Gasteiger charge is 2.29. The maximum Gasteiger partial charge on any atom is 0.317 e. The molecule has 1 aliphatic heterocycles. The van der Waals surface area contributed by atoms with Crippen molar-refractivity contribution in [1.29, 1.82) is 0 Å². The summed E-state index contributed by atoms with van der Waals surface area (Å²) < 4.78 is 1.80. The van der Waals surface area contributed by atoms with Gasteiger partial charge in [0.15, 0.2) is 5.82 Å². The van der Waals surface area contributed by atoms with Crippen LogP contribution in [0.5, 0.6) is 0 Å². The highest BCUT2D eigenvalue weighted by Crippen LogP contribution is 2.30. The topological polar surface area (TPSA) is 83.3 Å². The van der Waals surface area contributed by atoms with E-state index in [2.05, 4.69) is 15.5 Å². The van der Waals surface area contributed by atoms with Crippen LogP contribution in [0.1, 0.15) is 43.3 Å². The normalized spacial score (nSPS) is 18.0. The van der Waals surface area contributed by atoms with Crippen molar-refractivity contribution in [3.05, 3.63) is 48.0 Å². The number of rotatable bonds is 4. The number of amides is 2. The number of nitrogens with one attached hydrogen (secondary N) is 1. The summed E-state index contributed by atoms with van der Waals surface area (Å²) in [4.78, 5) is 14.3. The van der Waals surface area contributed by atoms with Crippen LogP contribution in [0.3, 0.4) is 0 Å². The predicted molar refractivity (Wildman–Crippen MR) is 93.6 cm³/mol. The number of aromatic nitrogens is 3. The Morgan fingerprint density at radius 2 is 1.96 bits per heavy atom. The molecule has 7 nitrogen and oxygen atoms in total. The number of likely N-dealkylation sites (tertiary alicyclic amines) is 1. The number of aryl methyl sites for hydroxylation is 1. The molecular formula is C18H25N5O2. The maximum atomic E-state index is 12.5. The Bertz CT molecular complexity index is 695. The second kappa shape index (κ2) is 7.65. The number of aliphatic hydroxyl groups is 1. The largest absolute Gasteiger partial charge is 0.388 e. The number of nitrogens with zero attached hydrogens (tertiary/aromatic N) is 4. The number of hydrogen-bond donors (Lipinski definition) is 2. The Morgan fingerprint density at radius 3 is 2.56 bits per heavy atom. The molecule has 3 rings (SSSR count). The standard InChI is InChI=1S/C18H25N5O2/c1-13(17-21-19-12-22(17)2)20-18(25)23-10-8-15(9-11-23)16(24)14-6-4-3-5-7-14/h3-7,12-13,15-16,24H,8-11H2,1-2H3,(H,20,25). The number of hydrogen-bond acceptors (Lipinski definition) is 4. The molecule has 1 aromatic carbocycles. The van der Waals surface area contributed by atoms with E-state index >= 15 is 0 Å². The van der Waals surface area contributed by atoms with Crippen molar-refractivity contribution < 1.29 is 9.90 Å². The van der Waals surface area contributed by atoms with Crippen LogP contribution in [0.2, 0.25) is 0 Å². The van der Waals surface area contributed by atoms with Crippen LogP contribution in [0.4, 0.5) is 4.79 Å². The van der Waals surface area contributed by atoms with Crippen LogP contribution in [0.25, 0.3) is 0 Å². The second-order valence-electron chi connectivity index (χ2n) is 6.65. The van der Waals surface area contributed by atoms with Gasteiger partial charge in [-0.1, -0.05) is 30.3 Å². The number of urea groups is 1. The van der Waals surface area contributed by atoms with E-state index in [-0.39, 0.29) is 18.0 Å². The van der Waals surface area contributed by atoms with Crippen molar-refractivity contribution in [2.45, 2.75) is 31.9 Å². The zero-order valence-electron chi connectivity index (χ0n) is 14.7. The zero-order chi connectivity index (χ0) is 17.8. The molecule has 2 aromatic rings. The summed E-state index contributed by atoms with van der Waals surface area (Å²) in [5.41, 5.74) is 0.946. The molecule has 2 atom stereocenters. The summed E-state index contributed by atoms with van der Waals surface area (Å²) in [7, 11) is 1.86. The lowest BCUT2D eigenvalue weighted by atomic mass is 9.87. The van der Waals surface area contributed by atoms with E-state index in [9.17, 15) is 9.90 Å². The Morgan fingerprint density at radius 1 is 1.28 bits per heavy atom. The summed E-state index contributed by atoms with van der Waals surface area (Å²) in [5, 5.41) is 21.4. The molecule has 1 aromatic heterocycles. The van der Waals surface area contributed by atoms with E-state index in [1.807, 2.05) is 44.3 Å². The molecule has 0 bridgehead atoms. The minimum absolute atomic E-state index is 0.0943. The molecule has 7 heteroatoms. The zero-order valence-corrected chi connectivity index (χ0v) is 14.7. The first kappa shape index (κ1) is 17.4. The molecule has 2 unspecified atom stereocenters. The lowest BCUT2D eigenvalue weighted by Gasteiger charge is -2.34. The predicted octanol–water partition coefficient (Wildman–Crippen LogP) is 2.03. The molecule has 0 saturated carbocycles. The van der Waals surface area contributed by atoms with Gasteiger partial charge in [-0.2, -0.15) is 0 Å². The van der Waals surface area contributed by atoms with Crippen LogP contribution in [0.15, 0.2) is 36.7 Å². The highest BCUT2D eigenvalue weighted by atomic mass is 16.3. The van der Waals surface area contributed by atoms with Crippen molar-refractivity contribution in [2.75, 3.05) is 13.1 Å². The smallest absolute Gasteiger partial charge is 0.317 e. The number of carbonyl (C=O) groups is 1. The third-order valence-corrected chi connectivity index (χ3v) is 4.89. The van der Waals surface area contributed by atoms with Gasteiger partial charge in [-0.05, 0) is 31.2 Å². The fourth-order valence-corrected chi connectivity index (χ4v) is 3.37. The van der Waals surface area contributed by atoms with Crippen molar-refractivity contribution in [1.82, 2.24) is 25.0 Å². The van der Waals surface area contributed by atoms with Gasteiger partial charge in [-0.25, -0.2) is 4.79 Å². The van der Waals surface area contributed by atoms with Crippen molar-refractivity contribution in [2.24, 2.45) is 13.0 Å². The molecule has 0 aliphatic carbocycles. The lowest BCUT2D eigenvalue weighted by Crippen LogP contribution is -2.46. The quantitative estimate of drug-likeness (QED) is 0.890. The van der Waals surface area contributed by atoms with Gasteiger partial charge in [0.25, 0.3) is 0 Å². The molecule has 2 amide bonds. The van der Waals surface area contributed by atoms with Gasteiger partial charge in [-0.15, -0.1) is 10.2 Å². The summed E-state index contributed by atoms with van der Waals surface area (Å²) in [6.07, 6.45) is 2.74. The molecule has 0 radical (unpaired) electrons. The molecule has 25 heavy (non-hydrogen) atoms. The van der Waals surface area contributed by atoms with Gasteiger partial charge in [0, 0.05) is 20.1 Å². The molecule has 0 spiro atoms. The van der Waals surface area contributed by atoms with E-state index in [4.69, 9.17) is 0 Å². The Balaban J connectivity index is 1.52. The summed E-state index contributed by atoms with van der Waals surface area (Å²) in [5.74, 6) is 0.908. The van der Waals surface area contributed by atoms with Crippen LogP contribution >= 0.6 is 0 Å². The second-order valence-corrected chi connectivity index (χ2v) is 6.65. The fraction of sp³-hybridized carbons (Fsp3) is 0.500. The van der Waals surface area contributed by atoms with Crippen LogP contribution < -0.4 is 5.32 Å². The van der Waals surface area contributed by atoms with Gasteiger partial charge >= 0.3 is 6.03 Å². The van der Waals surface area contributed by atoms with Crippen LogP contribution in [-0.4, -0.2) is 43.9 Å². The Kier molecular flexibility index (Phi) is 5.33. The van der Waals surface area contributed by atoms with E-state index in [0.29, 0.717) is 13.1 Å². The van der Waals surface area contributed by atoms with Gasteiger partial charge in [0.1, 0.15) is 6.33 Å². The minimum atomic E-state index is -0.469. The number of carbonyl (C=O) groups excluding carboxylic acids is 1. The molecule has 1 saturated heterocycles. The molecule has 134 valence electrons. The van der Waals surface area contributed by atoms with E-state index < -0.39 is 6.10 Å². The van der Waals surface area contributed by atoms with Crippen LogP contribution in [-0.2, 0) is 7.05 Å². The summed E-state index contributed by atoms with van der Waals surface area (Å²) in [6.45, 7) is 3.19. The van der Waals surface area contributed by atoms with Crippen molar-refractivity contribution in [3.63, 3.8) is 0 Å². The van der Waals surface area contributed by atoms with Gasteiger partial charge < -0.3 is 19.9 Å². The monoisotopic (exact) mass is 343 g/mol. The minimum Gasteiger partial charge on any atom is -0.388 e. The average molecular weight is 343 g/mol. The third-order valence-electron chi connectivity index (χ3n) is 4.89. The third kappa shape index (κ3) is 3.99. The Hall–Kier alpha value is -2.41. The van der Waals surface area contributed by atoms with Gasteiger partial charge in [-0.3, -0.25) is 0 Å². The fourth-order valence-electron chi connectivity index (χ4n) is 3.37. The van der Waals surface area contributed by atoms with Gasteiger partial charge in [0.05, 0.1) is 12.1 Å². The maximum absolute atomic E-state index is 12.5. The lowest BCUT2D eigenvalue weighted by molar-refractivity contribution is 0.0661. The number of aliphatic hydroxyl groups excluding tert-OH is 1. The van der Waals surface area contributed by atoms with E-state index in [0.717, 1.165) is 24.2 Å². The molecular weight excluding hydrogens is 318 g/mol. The molecule has 1 aliphatic rings. The molecule has 2 N–H and O–H groups in total. The number of benzene rings is 1. The first-order valence-corrected chi connectivity index (χ1v) is 8.68. The van der Waals surface area contributed by atoms with Crippen LogP contribution in [0, 0.1) is 5.92 Å². The van der Waals surface area contributed by atoms with E-state index in [1.54, 1.807) is 15.8 Å². The van der Waals surface area contributed by atoms with Crippen molar-refractivity contribution >= 4 is 6.03 Å². The van der Waals surface area contributed by atoms with Crippen molar-refractivity contribution in [3.8, 4) is 0 Å². The first-order chi connectivity index (χ1) is 12.1. The first-order valence-electron chi connectivity index (χ1n) is 8.68. The highest BCUT2D eigenvalue weighted by molar-refractivity contribution is 5.74. The summed E-state index contributed by atoms with van der Waals surface area (Å²) in [6, 6.07) is 9.43. The average Bonchev–Trinajstić information content (AvgIpc) is 3.08. The number of piperidine rings is 1. The SMILES string of the molecule is CC(NC(=O)N1CCC(C(O)c2ccccc2)CC1)c1nncn1C. The van der Waals surface area contributed by atoms with E-state index in [1.165, 1.54) is 0 Å².